The van der Waals surface area contributed by atoms with Crippen molar-refractivity contribution in [2.75, 3.05) is 128 Å². The summed E-state index contributed by atoms with van der Waals surface area (Å²) in [5.74, 6) is -9.07. The molecule has 0 radical (unpaired) electrons. The number of nitrogens with one attached hydrogen (secondary N) is 3. The lowest BCUT2D eigenvalue weighted by Crippen LogP contribution is -2.54. The van der Waals surface area contributed by atoms with Crippen molar-refractivity contribution in [2.45, 2.75) is 26.4 Å². The van der Waals surface area contributed by atoms with E-state index >= 15 is 0 Å². The van der Waals surface area contributed by atoms with Gasteiger partial charge in [0, 0.05) is 164 Å². The first kappa shape index (κ1) is 72.9. The van der Waals surface area contributed by atoms with Crippen LogP contribution >= 0.6 is 45.2 Å². The van der Waals surface area contributed by atoms with Gasteiger partial charge in [0.25, 0.3) is 35.1 Å². The molecule has 3 fully saturated rings. The van der Waals surface area contributed by atoms with Crippen LogP contribution < -0.4 is 0 Å². The molecule has 0 saturated carbocycles. The molecule has 3 aromatic carbocycles. The van der Waals surface area contributed by atoms with Crippen molar-refractivity contribution < 1.29 is 94.3 Å². The standard InChI is InChI=1S/C21H24FN3O6.C19H21FN4O5.C17H15FIN3O4.C4H6INO/c1-21(2,3)31-20(29)25-9-7-24(8-10-25)18(27)17(26)13-11-23-16-12(19(28)30-4)5-6-14(22)15(13)16;1-22(2)19(28)24-8-6-23(7-9-24)17(26)16(25)12-10-21-15-11(18(27)29-3)4-5-13(20)14(12)15;1-26-17(25)10-2-3-12(18)13-11(8-20-14(10)13)15(23)16(24)22-6-4-21(9-19)5-7-22;1-6(2)7-4-3-5/h5-6,11,23H,7-10H2,1-4H3;4-5,10,21H,6-9H2,1-3H3;2-3,8-9H,4-7H2,1H3;1-2H3/p+1. The third-order valence-corrected chi connectivity index (χ3v) is 15.3. The second-order valence-electron chi connectivity index (χ2n) is 21.8. The molecular weight excluding hydrogens is 1450 g/mol. The summed E-state index contributed by atoms with van der Waals surface area (Å²) in [6.07, 6.45) is 5.60. The molecule has 3 N–H and O–H groups in total. The summed E-state index contributed by atoms with van der Waals surface area (Å²) in [7, 11) is 10.4. The number of aromatic nitrogens is 3. The first-order valence-corrected chi connectivity index (χ1v) is 30.6. The van der Waals surface area contributed by atoms with Crippen LogP contribution in [0.4, 0.5) is 22.8 Å². The van der Waals surface area contributed by atoms with E-state index in [9.17, 15) is 65.9 Å². The van der Waals surface area contributed by atoms with Gasteiger partial charge in [-0.2, -0.15) is 0 Å². The molecule has 496 valence electrons. The fourth-order valence-electron chi connectivity index (χ4n) is 9.71. The van der Waals surface area contributed by atoms with E-state index in [4.69, 9.17) is 4.74 Å². The predicted molar refractivity (Wildman–Crippen MR) is 347 cm³/mol. The van der Waals surface area contributed by atoms with Gasteiger partial charge in [-0.05, 0) is 57.2 Å². The van der Waals surface area contributed by atoms with E-state index in [1.807, 2.05) is 31.4 Å². The Hall–Kier alpha value is -9.11. The van der Waals surface area contributed by atoms with Crippen LogP contribution in [0.3, 0.4) is 0 Å². The summed E-state index contributed by atoms with van der Waals surface area (Å²) in [6.45, 7) is 9.08. The third kappa shape index (κ3) is 17.5. The maximum atomic E-state index is 14.5. The minimum Gasteiger partial charge on any atom is -0.465 e. The molecule has 27 nitrogen and oxygen atoms in total. The average molecular weight is 1520 g/mol. The number of piperazine rings is 3. The quantitative estimate of drug-likeness (QED) is 0.0211. The molecule has 3 saturated heterocycles. The van der Waals surface area contributed by atoms with Gasteiger partial charge in [-0.25, -0.2) is 41.7 Å². The molecule has 0 aliphatic carbocycles. The van der Waals surface area contributed by atoms with Gasteiger partial charge in [0.2, 0.25) is 0 Å². The first-order chi connectivity index (χ1) is 44.0. The number of rotatable bonds is 10. The molecule has 3 aliphatic heterocycles. The Morgan fingerprint density at radius 3 is 1.12 bits per heavy atom. The summed E-state index contributed by atoms with van der Waals surface area (Å²) in [4.78, 5) is 157. The number of methoxy groups -OCH3 is 3. The van der Waals surface area contributed by atoms with E-state index in [1.165, 1.54) is 87.7 Å². The Labute approximate surface area is 557 Å². The molecule has 6 amide bonds. The first-order valence-electron chi connectivity index (χ1n) is 28.2. The number of benzene rings is 3. The Morgan fingerprint density at radius 2 is 0.839 bits per heavy atom. The normalized spacial score (nSPS) is 13.8. The molecule has 3 aromatic heterocycles. The number of nitrogens with zero attached hydrogens (tertiary/aromatic N) is 8. The zero-order chi connectivity index (χ0) is 68.8. The van der Waals surface area contributed by atoms with Crippen LogP contribution in [0.2, 0.25) is 0 Å². The van der Waals surface area contributed by atoms with Gasteiger partial charge in [-0.1, -0.05) is 0 Å². The zero-order valence-electron chi connectivity index (χ0n) is 52.3. The van der Waals surface area contributed by atoms with Gasteiger partial charge in [-0.3, -0.25) is 28.8 Å². The summed E-state index contributed by atoms with van der Waals surface area (Å²) in [5.41, 5.74) is -0.523. The van der Waals surface area contributed by atoms with E-state index in [0.717, 1.165) is 18.2 Å². The maximum absolute atomic E-state index is 14.5. The van der Waals surface area contributed by atoms with Crippen molar-refractivity contribution in [3.05, 3.63) is 106 Å². The maximum Gasteiger partial charge on any atom is 0.410 e. The molecule has 9 rings (SSSR count). The van der Waals surface area contributed by atoms with E-state index < -0.39 is 82.1 Å². The number of carbonyl (C=O) groups excluding carboxylic acids is 11. The molecule has 0 bridgehead atoms. The van der Waals surface area contributed by atoms with E-state index in [0.29, 0.717) is 39.3 Å². The van der Waals surface area contributed by atoms with E-state index in [-0.39, 0.29) is 111 Å². The van der Waals surface area contributed by atoms with Gasteiger partial charge in [-0.15, -0.1) is 5.06 Å². The molecule has 32 heteroatoms. The van der Waals surface area contributed by atoms with Crippen molar-refractivity contribution in [1.82, 2.24) is 49.4 Å². The Balaban J connectivity index is 0.000000211. The second-order valence-corrected chi connectivity index (χ2v) is 22.9. The number of ether oxygens (including phenoxy) is 4. The Bertz CT molecular complexity index is 3970. The van der Waals surface area contributed by atoms with Gasteiger partial charge in [0.15, 0.2) is 17.3 Å². The third-order valence-electron chi connectivity index (χ3n) is 14.3. The molecule has 6 heterocycles. The summed E-state index contributed by atoms with van der Waals surface area (Å²) < 4.78 is 69.0. The number of carbonyl (C=O) groups is 11. The number of hydrogen-bond acceptors (Lipinski definition) is 17. The lowest BCUT2D eigenvalue weighted by Gasteiger charge is -2.35. The number of esters is 3. The highest BCUT2D eigenvalue weighted by molar-refractivity contribution is 14.1. The highest BCUT2D eigenvalue weighted by Crippen LogP contribution is 2.30. The topological polar surface area (TPSA) is 307 Å². The van der Waals surface area contributed by atoms with Crippen LogP contribution in [0.25, 0.3) is 32.7 Å². The smallest absolute Gasteiger partial charge is 0.410 e. The van der Waals surface area contributed by atoms with Crippen LogP contribution in [0.15, 0.2) is 55.0 Å². The molecule has 3 aliphatic rings. The molecule has 6 aromatic rings. The number of halogens is 5. The minimum atomic E-state index is -0.905. The average Bonchev–Trinajstić information content (AvgIpc) is 1.68. The van der Waals surface area contributed by atoms with E-state index in [1.54, 1.807) is 53.9 Å². The Kier molecular flexibility index (Phi) is 25.4. The summed E-state index contributed by atoms with van der Waals surface area (Å²) in [5, 5.41) is 1.18. The van der Waals surface area contributed by atoms with Crippen LogP contribution in [0.5, 0.6) is 0 Å². The van der Waals surface area contributed by atoms with Crippen molar-refractivity contribution in [1.29, 1.82) is 0 Å². The van der Waals surface area contributed by atoms with E-state index in [2.05, 4.69) is 66.6 Å². The number of Topliss-reactive ketones (excluding diaryl/α,β-unsaturated/α-hetero) is 3. The lowest BCUT2D eigenvalue weighted by atomic mass is 10.0. The minimum absolute atomic E-state index is 0.0522. The van der Waals surface area contributed by atoms with Crippen LogP contribution in [-0.4, -0.2) is 257 Å². The number of amides is 6. The van der Waals surface area contributed by atoms with Gasteiger partial charge in [0.05, 0.1) is 84.3 Å². The molecule has 0 spiro atoms. The van der Waals surface area contributed by atoms with Crippen LogP contribution in [0.1, 0.15) is 82.9 Å². The summed E-state index contributed by atoms with van der Waals surface area (Å²) >= 11 is 4.03. The number of ketones is 3. The Morgan fingerprint density at radius 1 is 0.516 bits per heavy atom. The fraction of sp³-hybridized carbons (Fsp3) is 0.377. The van der Waals surface area contributed by atoms with Crippen molar-refractivity contribution in [2.24, 2.45) is 0 Å². The number of urea groups is 1. The highest BCUT2D eigenvalue weighted by atomic mass is 127. The monoisotopic (exact) mass is 1520 g/mol. The highest BCUT2D eigenvalue weighted by Gasteiger charge is 2.36. The van der Waals surface area contributed by atoms with Gasteiger partial charge >= 0.3 is 30.0 Å². The SMILES string of the molecule is CN(C)OC#CI.COC(=O)c1ccc(F)c2c(C(=O)C(=O)N3CCN(C(=O)N(C)C)CC3)c[nH]c12.COC(=O)c1ccc(F)c2c(C(=O)C(=O)N3CCN(C(=O)OC(C)(C)C)CC3)c[nH]c12.COC(=O)c1ccc(F)c2c(C(=O)C(=O)N3CC[N+](=CI)CC3)c[nH]c12. The molecule has 93 heavy (non-hydrogen) atoms. The second kappa shape index (κ2) is 32.4. The lowest BCUT2D eigenvalue weighted by molar-refractivity contribution is -0.530. The van der Waals surface area contributed by atoms with Crippen LogP contribution in [0, 0.1) is 27.5 Å². The number of H-pyrrole nitrogens is 3. The molecule has 0 unspecified atom stereocenters. The number of fused-ring (bicyclic) bond motifs is 3. The van der Waals surface area contributed by atoms with Crippen molar-refractivity contribution >= 4 is 147 Å². The molecule has 0 atom stereocenters. The number of aromatic amines is 3. The fourth-order valence-corrected chi connectivity index (χ4v) is 10.4. The number of hydroxylamine groups is 2. The largest absolute Gasteiger partial charge is 0.465 e. The summed E-state index contributed by atoms with van der Waals surface area (Å²) in [6, 6.07) is 6.77. The molecular formula is C61H67F3I2N11O16+. The zero-order valence-corrected chi connectivity index (χ0v) is 56.6. The number of hydrogen-bond donors (Lipinski definition) is 3. The van der Waals surface area contributed by atoms with Crippen LogP contribution in [-0.2, 0) is 38.2 Å². The predicted octanol–water partition coefficient (Wildman–Crippen LogP) is 5.89. The van der Waals surface area contributed by atoms with Gasteiger partial charge < -0.3 is 68.1 Å². The van der Waals surface area contributed by atoms with Crippen molar-refractivity contribution in [3.63, 3.8) is 0 Å². The van der Waals surface area contributed by atoms with Crippen molar-refractivity contribution in [3.8, 4) is 10.0 Å². The van der Waals surface area contributed by atoms with Gasteiger partial charge in [0.1, 0.15) is 29.2 Å².